The summed E-state index contributed by atoms with van der Waals surface area (Å²) in [5.41, 5.74) is 2.50. The molecule has 0 spiro atoms. The fourth-order valence-corrected chi connectivity index (χ4v) is 5.11. The molecule has 4 rings (SSSR count). The van der Waals surface area contributed by atoms with E-state index >= 15 is 0 Å². The second kappa shape index (κ2) is 7.31. The summed E-state index contributed by atoms with van der Waals surface area (Å²) in [6.07, 6.45) is 6.49. The van der Waals surface area contributed by atoms with Crippen LogP contribution in [-0.2, 0) is 11.8 Å². The summed E-state index contributed by atoms with van der Waals surface area (Å²) in [5, 5.41) is 21.1. The van der Waals surface area contributed by atoms with Crippen molar-refractivity contribution in [3.8, 4) is 5.75 Å². The number of para-hydroxylation sites is 1. The number of nitro benzene ring substituents is 1. The van der Waals surface area contributed by atoms with Crippen LogP contribution in [0.3, 0.4) is 0 Å². The molecule has 5 heteroatoms. The van der Waals surface area contributed by atoms with Gasteiger partial charge in [0.1, 0.15) is 5.75 Å². The van der Waals surface area contributed by atoms with Gasteiger partial charge in [0.15, 0.2) is 0 Å². The smallest absolute Gasteiger partial charge is 0.272 e. The molecule has 1 saturated carbocycles. The van der Waals surface area contributed by atoms with E-state index in [9.17, 15) is 15.2 Å². The van der Waals surface area contributed by atoms with Gasteiger partial charge in [0.25, 0.3) is 5.69 Å². The van der Waals surface area contributed by atoms with Crippen LogP contribution in [0.25, 0.3) is 0 Å². The van der Waals surface area contributed by atoms with Crippen molar-refractivity contribution in [2.75, 3.05) is 13.1 Å². The van der Waals surface area contributed by atoms with E-state index in [1.807, 2.05) is 24.3 Å². The third kappa shape index (κ3) is 3.56. The fourth-order valence-electron chi connectivity index (χ4n) is 5.11. The Morgan fingerprint density at radius 2 is 2.04 bits per heavy atom. The van der Waals surface area contributed by atoms with Crippen LogP contribution < -0.4 is 0 Å². The van der Waals surface area contributed by atoms with E-state index in [1.165, 1.54) is 24.8 Å². The molecule has 2 bridgehead atoms. The molecular formula is C22H26N2O3. The minimum absolute atomic E-state index is 0.177. The van der Waals surface area contributed by atoms with Crippen molar-refractivity contribution in [1.29, 1.82) is 0 Å². The number of piperidine rings is 1. The Morgan fingerprint density at radius 3 is 2.85 bits per heavy atom. The van der Waals surface area contributed by atoms with Gasteiger partial charge in [0, 0.05) is 24.2 Å². The van der Waals surface area contributed by atoms with Crippen molar-refractivity contribution in [1.82, 2.24) is 4.90 Å². The molecule has 2 aliphatic rings. The number of nitrogens with zero attached hydrogens (tertiary/aromatic N) is 2. The maximum absolute atomic E-state index is 11.2. The van der Waals surface area contributed by atoms with Crippen molar-refractivity contribution in [3.05, 3.63) is 69.8 Å². The lowest BCUT2D eigenvalue weighted by Crippen LogP contribution is -2.52. The number of aromatic hydroxyl groups is 1. The lowest BCUT2D eigenvalue weighted by Gasteiger charge is -2.51. The molecule has 2 aromatic rings. The normalized spacial score (nSPS) is 25.3. The molecular weight excluding hydrogens is 340 g/mol. The second-order valence-electron chi connectivity index (χ2n) is 8.00. The third-order valence-corrected chi connectivity index (χ3v) is 6.53. The fraction of sp³-hybridized carbons (Fsp3) is 0.455. The first-order chi connectivity index (χ1) is 13.1. The Bertz CT molecular complexity index is 838. The largest absolute Gasteiger partial charge is 0.508 e. The standard InChI is InChI=1S/C22H26N2O3/c25-20-8-3-6-18(15-20)22-11-4-7-19(16-22)23(14-12-22)13-10-17-5-1-2-9-21(17)24(26)27/h1-3,5-6,8-9,15,19,25H,4,7,10-14,16H2/t19-,22+/m1/s1. The number of phenols is 1. The highest BCUT2D eigenvalue weighted by atomic mass is 16.6. The van der Waals surface area contributed by atoms with Crippen LogP contribution in [0.1, 0.15) is 43.2 Å². The molecule has 1 aliphatic carbocycles. The molecule has 142 valence electrons. The van der Waals surface area contributed by atoms with Gasteiger partial charge in [0.2, 0.25) is 0 Å². The van der Waals surface area contributed by atoms with Crippen molar-refractivity contribution in [2.45, 2.75) is 50.0 Å². The highest BCUT2D eigenvalue weighted by molar-refractivity contribution is 5.40. The Hall–Kier alpha value is -2.40. The van der Waals surface area contributed by atoms with E-state index in [0.29, 0.717) is 18.2 Å². The van der Waals surface area contributed by atoms with Gasteiger partial charge in [-0.1, -0.05) is 36.8 Å². The highest BCUT2D eigenvalue weighted by Gasteiger charge is 2.43. The summed E-state index contributed by atoms with van der Waals surface area (Å²) in [4.78, 5) is 13.5. The number of fused-ring (bicyclic) bond motifs is 2. The van der Waals surface area contributed by atoms with E-state index in [4.69, 9.17) is 0 Å². The minimum Gasteiger partial charge on any atom is -0.508 e. The van der Waals surface area contributed by atoms with E-state index in [-0.39, 0.29) is 16.0 Å². The number of rotatable bonds is 5. The van der Waals surface area contributed by atoms with Gasteiger partial charge >= 0.3 is 0 Å². The average Bonchev–Trinajstić information content (AvgIpc) is 2.68. The summed E-state index contributed by atoms with van der Waals surface area (Å²) in [6.45, 7) is 1.88. The first-order valence-electron chi connectivity index (χ1n) is 9.83. The molecule has 0 unspecified atom stereocenters. The van der Waals surface area contributed by atoms with Gasteiger partial charge < -0.3 is 5.11 Å². The Labute approximate surface area is 159 Å². The number of phenolic OH excluding ortho intramolecular Hbond substituents is 1. The predicted octanol–water partition coefficient (Wildman–Crippen LogP) is 4.43. The number of likely N-dealkylation sites (tertiary alicyclic amines) is 1. The van der Waals surface area contributed by atoms with Gasteiger partial charge in [-0.15, -0.1) is 0 Å². The third-order valence-electron chi connectivity index (χ3n) is 6.53. The Balaban J connectivity index is 1.47. The average molecular weight is 366 g/mol. The van der Waals surface area contributed by atoms with Gasteiger partial charge in [-0.3, -0.25) is 15.0 Å². The van der Waals surface area contributed by atoms with Crippen molar-refractivity contribution in [3.63, 3.8) is 0 Å². The maximum Gasteiger partial charge on any atom is 0.272 e. The molecule has 2 atom stereocenters. The Kier molecular flexibility index (Phi) is 4.87. The quantitative estimate of drug-likeness (QED) is 0.628. The number of nitro groups is 1. The summed E-state index contributed by atoms with van der Waals surface area (Å²) in [6, 6.07) is 15.4. The maximum atomic E-state index is 11.2. The van der Waals surface area contributed by atoms with Crippen LogP contribution in [0.15, 0.2) is 48.5 Å². The van der Waals surface area contributed by atoms with Crippen LogP contribution in [0.4, 0.5) is 5.69 Å². The molecule has 0 radical (unpaired) electrons. The lowest BCUT2D eigenvalue weighted by molar-refractivity contribution is -0.385. The summed E-state index contributed by atoms with van der Waals surface area (Å²) in [7, 11) is 0. The van der Waals surface area contributed by atoms with Crippen molar-refractivity contribution < 1.29 is 10.0 Å². The van der Waals surface area contributed by atoms with E-state index in [2.05, 4.69) is 11.0 Å². The molecule has 0 amide bonds. The molecule has 5 nitrogen and oxygen atoms in total. The topological polar surface area (TPSA) is 66.6 Å². The van der Waals surface area contributed by atoms with E-state index < -0.39 is 0 Å². The zero-order chi connectivity index (χ0) is 18.9. The molecule has 1 heterocycles. The molecule has 1 N–H and O–H groups in total. The SMILES string of the molecule is O=[N+]([O-])c1ccccc1CCN1CC[C@@]2(c3cccc(O)c3)CCC[C@@H]1C2. The van der Waals surface area contributed by atoms with Gasteiger partial charge in [-0.25, -0.2) is 0 Å². The number of hydrogen-bond donors (Lipinski definition) is 1. The monoisotopic (exact) mass is 366 g/mol. The molecule has 1 aliphatic heterocycles. The van der Waals surface area contributed by atoms with Crippen LogP contribution in [0, 0.1) is 10.1 Å². The van der Waals surface area contributed by atoms with Gasteiger partial charge in [-0.05, 0) is 61.8 Å². The van der Waals surface area contributed by atoms with Crippen LogP contribution >= 0.6 is 0 Å². The summed E-state index contributed by atoms with van der Waals surface area (Å²) >= 11 is 0. The number of hydrogen-bond acceptors (Lipinski definition) is 4. The van der Waals surface area contributed by atoms with Gasteiger partial charge in [-0.2, -0.15) is 0 Å². The summed E-state index contributed by atoms with van der Waals surface area (Å²) < 4.78 is 0. The first kappa shape index (κ1) is 18.0. The van der Waals surface area contributed by atoms with Gasteiger partial charge in [0.05, 0.1) is 4.92 Å². The molecule has 1 saturated heterocycles. The van der Waals surface area contributed by atoms with Crippen LogP contribution in [-0.4, -0.2) is 34.1 Å². The molecule has 2 aromatic carbocycles. The van der Waals surface area contributed by atoms with E-state index in [0.717, 1.165) is 31.5 Å². The minimum atomic E-state index is -0.279. The van der Waals surface area contributed by atoms with E-state index in [1.54, 1.807) is 18.2 Å². The van der Waals surface area contributed by atoms with Crippen LogP contribution in [0.2, 0.25) is 0 Å². The first-order valence-corrected chi connectivity index (χ1v) is 9.83. The summed E-state index contributed by atoms with van der Waals surface area (Å²) in [5.74, 6) is 0.350. The molecule has 27 heavy (non-hydrogen) atoms. The number of benzene rings is 2. The van der Waals surface area contributed by atoms with Crippen LogP contribution in [0.5, 0.6) is 5.75 Å². The van der Waals surface area contributed by atoms with Crippen molar-refractivity contribution >= 4 is 5.69 Å². The van der Waals surface area contributed by atoms with Crippen molar-refractivity contribution in [2.24, 2.45) is 0 Å². The highest BCUT2D eigenvalue weighted by Crippen LogP contribution is 2.47. The lowest BCUT2D eigenvalue weighted by atomic mass is 9.63. The molecule has 2 fully saturated rings. The zero-order valence-corrected chi connectivity index (χ0v) is 15.5. The Morgan fingerprint density at radius 1 is 1.19 bits per heavy atom. The predicted molar refractivity (Wildman–Crippen MR) is 105 cm³/mol. The second-order valence-corrected chi connectivity index (χ2v) is 8.00. The zero-order valence-electron chi connectivity index (χ0n) is 15.5. The molecule has 0 aromatic heterocycles.